The molecule has 1 aromatic heterocycles. The molecule has 1 N–H and O–H groups in total. The van der Waals surface area contributed by atoms with E-state index in [1.165, 1.54) is 11.6 Å². The van der Waals surface area contributed by atoms with Crippen LogP contribution >= 0.6 is 0 Å². The van der Waals surface area contributed by atoms with Crippen LogP contribution < -0.4 is 5.63 Å². The zero-order chi connectivity index (χ0) is 12.4. The molecule has 0 spiro atoms. The first kappa shape index (κ1) is 11.5. The highest BCUT2D eigenvalue weighted by Crippen LogP contribution is 2.22. The topological polar surface area (TPSA) is 50.4 Å². The maximum atomic E-state index is 11.3. The van der Waals surface area contributed by atoms with Gasteiger partial charge in [-0.15, -0.1) is 0 Å². The minimum absolute atomic E-state index is 0.350. The van der Waals surface area contributed by atoms with E-state index in [0.717, 1.165) is 17.4 Å². The van der Waals surface area contributed by atoms with Gasteiger partial charge in [0.25, 0.3) is 0 Å². The quantitative estimate of drug-likeness (QED) is 0.637. The minimum atomic E-state index is -0.692. The van der Waals surface area contributed by atoms with E-state index in [-0.39, 0.29) is 5.75 Å². The Kier molecular flexibility index (Phi) is 3.00. The lowest BCUT2D eigenvalue weighted by Crippen LogP contribution is -1.99. The number of hydrogen-bond acceptors (Lipinski definition) is 3. The van der Waals surface area contributed by atoms with Gasteiger partial charge in [0.05, 0.1) is 0 Å². The van der Waals surface area contributed by atoms with Gasteiger partial charge in [-0.1, -0.05) is 29.8 Å². The Hall–Kier alpha value is -2.03. The first-order valence-electron chi connectivity index (χ1n) is 5.48. The highest BCUT2D eigenvalue weighted by atomic mass is 16.4. The van der Waals surface area contributed by atoms with E-state index in [9.17, 15) is 9.90 Å². The number of allylic oxidation sites excluding steroid dienone is 2. The number of fused-ring (bicyclic) bond motifs is 1. The van der Waals surface area contributed by atoms with Gasteiger partial charge < -0.3 is 9.52 Å². The lowest BCUT2D eigenvalue weighted by Gasteiger charge is -2.05. The largest absolute Gasteiger partial charge is 0.502 e. The van der Waals surface area contributed by atoms with Gasteiger partial charge in [-0.05, 0) is 31.9 Å². The van der Waals surface area contributed by atoms with E-state index in [1.807, 2.05) is 38.1 Å². The lowest BCUT2D eigenvalue weighted by atomic mass is 10.0. The Bertz CT molecular complexity index is 635. The molecule has 2 rings (SSSR count). The van der Waals surface area contributed by atoms with Gasteiger partial charge in [0.15, 0.2) is 0 Å². The predicted octanol–water partition coefficient (Wildman–Crippen LogP) is 3.01. The molecule has 0 unspecified atom stereocenters. The number of para-hydroxylation sites is 1. The van der Waals surface area contributed by atoms with Gasteiger partial charge >= 0.3 is 5.63 Å². The third kappa shape index (κ3) is 2.23. The summed E-state index contributed by atoms with van der Waals surface area (Å²) in [7, 11) is 0. The monoisotopic (exact) mass is 230 g/mol. The molecule has 3 heteroatoms. The number of benzene rings is 1. The van der Waals surface area contributed by atoms with Crippen LogP contribution in [0, 0.1) is 0 Å². The first-order valence-corrected chi connectivity index (χ1v) is 5.48. The van der Waals surface area contributed by atoms with E-state index < -0.39 is 5.63 Å². The second-order valence-corrected chi connectivity index (χ2v) is 4.07. The fourth-order valence-corrected chi connectivity index (χ4v) is 1.74. The zero-order valence-corrected chi connectivity index (χ0v) is 9.86. The fourth-order valence-electron chi connectivity index (χ4n) is 1.74. The second kappa shape index (κ2) is 4.45. The van der Waals surface area contributed by atoms with Crippen LogP contribution in [0.5, 0.6) is 5.75 Å². The summed E-state index contributed by atoms with van der Waals surface area (Å²) >= 11 is 0. The van der Waals surface area contributed by atoms with Gasteiger partial charge in [0.2, 0.25) is 5.75 Å². The van der Waals surface area contributed by atoms with Crippen LogP contribution in [0.3, 0.4) is 0 Å². The molecule has 0 atom stereocenters. The maximum absolute atomic E-state index is 11.3. The smallest absolute Gasteiger partial charge is 0.378 e. The average Bonchev–Trinajstić information content (AvgIpc) is 2.31. The molecule has 1 heterocycles. The summed E-state index contributed by atoms with van der Waals surface area (Å²) in [5, 5.41) is 10.1. The Morgan fingerprint density at radius 2 is 2.24 bits per heavy atom. The molecular formula is C14H14O3. The van der Waals surface area contributed by atoms with Crippen molar-refractivity contribution >= 4 is 11.0 Å². The summed E-state index contributed by atoms with van der Waals surface area (Å²) in [6.45, 7) is 4.00. The summed E-state index contributed by atoms with van der Waals surface area (Å²) < 4.78 is 5.14. The lowest BCUT2D eigenvalue weighted by molar-refractivity contribution is 0.427. The molecular weight excluding hydrogens is 216 g/mol. The number of aromatic hydroxyl groups is 1. The second-order valence-electron chi connectivity index (χ2n) is 4.07. The molecule has 1 aromatic carbocycles. The van der Waals surface area contributed by atoms with Crippen molar-refractivity contribution in [3.63, 3.8) is 0 Å². The van der Waals surface area contributed by atoms with Crippen LogP contribution in [0.1, 0.15) is 19.4 Å². The molecule has 0 radical (unpaired) electrons. The fraction of sp³-hybridized carbons (Fsp3) is 0.214. The Morgan fingerprint density at radius 1 is 1.47 bits per heavy atom. The van der Waals surface area contributed by atoms with Crippen LogP contribution in [0.25, 0.3) is 11.0 Å². The highest BCUT2D eigenvalue weighted by Gasteiger charge is 2.07. The van der Waals surface area contributed by atoms with Crippen molar-refractivity contribution in [3.05, 3.63) is 51.9 Å². The SMILES string of the molecule is CC=C(C)Cc1cccc2cc(O)c(=O)oc12. The van der Waals surface area contributed by atoms with Gasteiger partial charge in [0, 0.05) is 5.39 Å². The summed E-state index contributed by atoms with van der Waals surface area (Å²) in [5.41, 5.74) is 2.02. The summed E-state index contributed by atoms with van der Waals surface area (Å²) in [4.78, 5) is 11.3. The molecule has 0 saturated heterocycles. The van der Waals surface area contributed by atoms with Crippen LogP contribution in [-0.4, -0.2) is 5.11 Å². The third-order valence-electron chi connectivity index (χ3n) is 2.79. The van der Waals surface area contributed by atoms with Crippen molar-refractivity contribution in [1.82, 2.24) is 0 Å². The molecule has 0 aliphatic rings. The van der Waals surface area contributed by atoms with Crippen LogP contribution in [0.2, 0.25) is 0 Å². The van der Waals surface area contributed by atoms with Gasteiger partial charge in [-0.25, -0.2) is 4.79 Å². The average molecular weight is 230 g/mol. The standard InChI is InChI=1S/C14H14O3/c1-3-9(2)7-10-5-4-6-11-8-12(15)14(16)17-13(10)11/h3-6,8,15H,7H2,1-2H3. The number of hydrogen-bond donors (Lipinski definition) is 1. The molecule has 0 fully saturated rings. The molecule has 0 saturated carbocycles. The van der Waals surface area contributed by atoms with Crippen molar-refractivity contribution in [2.45, 2.75) is 20.3 Å². The summed E-state index contributed by atoms with van der Waals surface area (Å²) in [6, 6.07) is 7.07. The molecule has 0 amide bonds. The Balaban J connectivity index is 2.64. The van der Waals surface area contributed by atoms with Crippen molar-refractivity contribution in [2.75, 3.05) is 0 Å². The van der Waals surface area contributed by atoms with Crippen molar-refractivity contribution in [3.8, 4) is 5.75 Å². The van der Waals surface area contributed by atoms with Crippen LogP contribution in [0.15, 0.2) is 45.1 Å². The van der Waals surface area contributed by atoms with Gasteiger partial charge in [0.1, 0.15) is 5.58 Å². The van der Waals surface area contributed by atoms with Crippen LogP contribution in [0.4, 0.5) is 0 Å². The number of rotatable bonds is 2. The summed E-state index contributed by atoms with van der Waals surface area (Å²) in [5.74, 6) is -0.350. The Morgan fingerprint density at radius 3 is 2.94 bits per heavy atom. The summed E-state index contributed by atoms with van der Waals surface area (Å²) in [6.07, 6.45) is 2.76. The van der Waals surface area contributed by atoms with Crippen molar-refractivity contribution in [1.29, 1.82) is 0 Å². The molecule has 17 heavy (non-hydrogen) atoms. The van der Waals surface area contributed by atoms with Crippen LogP contribution in [-0.2, 0) is 6.42 Å². The Labute approximate surface area is 99.0 Å². The predicted molar refractivity (Wildman–Crippen MR) is 67.3 cm³/mol. The van der Waals surface area contributed by atoms with E-state index in [4.69, 9.17) is 4.42 Å². The van der Waals surface area contributed by atoms with E-state index in [2.05, 4.69) is 0 Å². The third-order valence-corrected chi connectivity index (χ3v) is 2.79. The van der Waals surface area contributed by atoms with E-state index in [0.29, 0.717) is 5.58 Å². The van der Waals surface area contributed by atoms with E-state index in [1.54, 1.807) is 0 Å². The molecule has 88 valence electrons. The highest BCUT2D eigenvalue weighted by molar-refractivity contribution is 5.81. The zero-order valence-electron chi connectivity index (χ0n) is 9.86. The first-order chi connectivity index (χ1) is 8.11. The van der Waals surface area contributed by atoms with Crippen molar-refractivity contribution < 1.29 is 9.52 Å². The van der Waals surface area contributed by atoms with E-state index >= 15 is 0 Å². The van der Waals surface area contributed by atoms with Gasteiger partial charge in [-0.3, -0.25) is 0 Å². The van der Waals surface area contributed by atoms with Crippen molar-refractivity contribution in [2.24, 2.45) is 0 Å². The molecule has 3 nitrogen and oxygen atoms in total. The molecule has 2 aromatic rings. The molecule has 0 aliphatic heterocycles. The molecule has 0 bridgehead atoms. The molecule has 0 aliphatic carbocycles. The minimum Gasteiger partial charge on any atom is -0.502 e. The van der Waals surface area contributed by atoms with Gasteiger partial charge in [-0.2, -0.15) is 0 Å². The normalized spacial score (nSPS) is 12.0. The maximum Gasteiger partial charge on any atom is 0.378 e.